The van der Waals surface area contributed by atoms with Gasteiger partial charge >= 0.3 is 0 Å². The first-order valence-corrected chi connectivity index (χ1v) is 9.27. The molecule has 0 aliphatic heterocycles. The summed E-state index contributed by atoms with van der Waals surface area (Å²) >= 11 is 0. The van der Waals surface area contributed by atoms with E-state index < -0.39 is 0 Å². The maximum Gasteiger partial charge on any atom is 0.252 e. The van der Waals surface area contributed by atoms with Crippen molar-refractivity contribution in [2.24, 2.45) is 0 Å². The van der Waals surface area contributed by atoms with Crippen molar-refractivity contribution in [2.75, 3.05) is 0 Å². The first-order valence-electron chi connectivity index (χ1n) is 9.27. The van der Waals surface area contributed by atoms with Crippen LogP contribution in [0.15, 0.2) is 71.3 Å². The van der Waals surface area contributed by atoms with Crippen molar-refractivity contribution in [3.63, 3.8) is 0 Å². The summed E-state index contributed by atoms with van der Waals surface area (Å²) in [6.45, 7) is 6.27. The van der Waals surface area contributed by atoms with Crippen LogP contribution in [0.3, 0.4) is 0 Å². The summed E-state index contributed by atoms with van der Waals surface area (Å²) in [5.41, 5.74) is 5.06. The first-order chi connectivity index (χ1) is 13.1. The zero-order chi connectivity index (χ0) is 19.2. The maximum absolute atomic E-state index is 13.1. The highest BCUT2D eigenvalue weighted by Crippen LogP contribution is 2.23. The van der Waals surface area contributed by atoms with Gasteiger partial charge in [-0.25, -0.2) is 0 Å². The lowest BCUT2D eigenvalue weighted by Gasteiger charge is -2.20. The number of carbonyl (C=O) groups excluding carboxylic acids is 1. The average Bonchev–Trinajstić information content (AvgIpc) is 3.20. The van der Waals surface area contributed by atoms with Crippen molar-refractivity contribution in [3.8, 4) is 0 Å². The topological polar surface area (TPSA) is 42.2 Å². The highest BCUT2D eigenvalue weighted by molar-refractivity contribution is 6.24. The lowest BCUT2D eigenvalue weighted by Crippen LogP contribution is -2.29. The molecule has 0 aliphatic rings. The van der Waals surface area contributed by atoms with Crippen LogP contribution in [0, 0.1) is 13.8 Å². The van der Waals surface area contributed by atoms with Crippen molar-refractivity contribution in [1.82, 2.24) is 5.32 Å². The molecule has 0 saturated carbocycles. The van der Waals surface area contributed by atoms with E-state index >= 15 is 0 Å². The van der Waals surface area contributed by atoms with Crippen molar-refractivity contribution in [3.05, 3.63) is 94.9 Å². The Morgan fingerprint density at radius 2 is 1.81 bits per heavy atom. The van der Waals surface area contributed by atoms with Gasteiger partial charge in [0.2, 0.25) is 0 Å². The predicted molar refractivity (Wildman–Crippen MR) is 110 cm³/mol. The number of rotatable bonds is 6. The van der Waals surface area contributed by atoms with E-state index in [1.54, 1.807) is 12.3 Å². The van der Waals surface area contributed by atoms with E-state index in [-0.39, 0.29) is 11.9 Å². The summed E-state index contributed by atoms with van der Waals surface area (Å²) in [5.74, 6) is 0.547. The Bertz CT molecular complexity index is 924. The van der Waals surface area contributed by atoms with Crippen molar-refractivity contribution >= 4 is 17.6 Å². The Kier molecular flexibility index (Phi) is 5.92. The molecule has 1 atom stereocenters. The van der Waals surface area contributed by atoms with Crippen LogP contribution in [0.25, 0.3) is 11.6 Å². The Morgan fingerprint density at radius 3 is 2.44 bits per heavy atom. The fourth-order valence-electron chi connectivity index (χ4n) is 3.05. The SMILES string of the molecule is CC[C@H](NC(=O)/C(=C/c1ccco1)c1ccccc1)c1ccc(C)c(C)c1. The van der Waals surface area contributed by atoms with Gasteiger partial charge in [-0.2, -0.15) is 0 Å². The van der Waals surface area contributed by atoms with E-state index in [9.17, 15) is 4.79 Å². The van der Waals surface area contributed by atoms with E-state index in [1.807, 2.05) is 42.5 Å². The molecule has 3 aromatic rings. The van der Waals surface area contributed by atoms with Crippen molar-refractivity contribution < 1.29 is 9.21 Å². The molecule has 0 fully saturated rings. The summed E-state index contributed by atoms with van der Waals surface area (Å²) in [6, 6.07) is 19.6. The van der Waals surface area contributed by atoms with Crippen LogP contribution in [0.4, 0.5) is 0 Å². The summed E-state index contributed by atoms with van der Waals surface area (Å²) in [7, 11) is 0. The molecule has 2 aromatic carbocycles. The Balaban J connectivity index is 1.90. The van der Waals surface area contributed by atoms with Crippen LogP contribution < -0.4 is 5.32 Å². The quantitative estimate of drug-likeness (QED) is 0.573. The molecule has 138 valence electrons. The standard InChI is InChI=1S/C24H25NO2/c1-4-23(20-13-12-17(2)18(3)15-20)25-24(26)22(16-21-11-8-14-27-21)19-9-6-5-7-10-19/h5-16,23H,4H2,1-3H3,(H,25,26)/b22-16+/t23-/m0/s1. The van der Waals surface area contributed by atoms with E-state index in [1.165, 1.54) is 11.1 Å². The van der Waals surface area contributed by atoms with Crippen molar-refractivity contribution in [1.29, 1.82) is 0 Å². The number of carbonyl (C=O) groups is 1. The van der Waals surface area contributed by atoms with Gasteiger partial charge in [0.05, 0.1) is 17.9 Å². The fraction of sp³-hybridized carbons (Fsp3) is 0.208. The Hall–Kier alpha value is -3.07. The van der Waals surface area contributed by atoms with E-state index in [2.05, 4.69) is 44.3 Å². The minimum absolute atomic E-state index is 0.0412. The lowest BCUT2D eigenvalue weighted by atomic mass is 9.98. The third-order valence-electron chi connectivity index (χ3n) is 4.81. The van der Waals surface area contributed by atoms with E-state index in [0.29, 0.717) is 11.3 Å². The second-order valence-electron chi connectivity index (χ2n) is 6.72. The molecular weight excluding hydrogens is 334 g/mol. The van der Waals surface area contributed by atoms with Crippen LogP contribution in [0.5, 0.6) is 0 Å². The smallest absolute Gasteiger partial charge is 0.252 e. The molecule has 1 amide bonds. The normalized spacial score (nSPS) is 12.6. The molecule has 1 aromatic heterocycles. The molecule has 0 aliphatic carbocycles. The van der Waals surface area contributed by atoms with Crippen LogP contribution in [0.1, 0.15) is 47.4 Å². The Morgan fingerprint density at radius 1 is 1.04 bits per heavy atom. The first kappa shape index (κ1) is 18.7. The number of hydrogen-bond acceptors (Lipinski definition) is 2. The van der Waals surface area contributed by atoms with Gasteiger partial charge in [-0.15, -0.1) is 0 Å². The van der Waals surface area contributed by atoms with Gasteiger partial charge in [0, 0.05) is 0 Å². The van der Waals surface area contributed by atoms with Gasteiger partial charge in [0.15, 0.2) is 0 Å². The molecule has 3 nitrogen and oxygen atoms in total. The minimum atomic E-state index is -0.109. The maximum atomic E-state index is 13.1. The van der Waals surface area contributed by atoms with Gasteiger partial charge in [-0.05, 0) is 60.7 Å². The van der Waals surface area contributed by atoms with Crippen LogP contribution in [-0.2, 0) is 4.79 Å². The predicted octanol–water partition coefficient (Wildman–Crippen LogP) is 5.70. The molecule has 3 rings (SSSR count). The fourth-order valence-corrected chi connectivity index (χ4v) is 3.05. The highest BCUT2D eigenvalue weighted by atomic mass is 16.3. The number of hydrogen-bond donors (Lipinski definition) is 1. The number of benzene rings is 2. The third kappa shape index (κ3) is 4.56. The zero-order valence-corrected chi connectivity index (χ0v) is 16.0. The van der Waals surface area contributed by atoms with Gasteiger partial charge in [-0.3, -0.25) is 4.79 Å². The summed E-state index contributed by atoms with van der Waals surface area (Å²) in [4.78, 5) is 13.1. The molecule has 0 saturated heterocycles. The molecule has 27 heavy (non-hydrogen) atoms. The molecule has 1 N–H and O–H groups in total. The molecule has 0 unspecified atom stereocenters. The largest absolute Gasteiger partial charge is 0.465 e. The number of aryl methyl sites for hydroxylation is 2. The second kappa shape index (κ2) is 8.54. The number of furan rings is 1. The monoisotopic (exact) mass is 359 g/mol. The minimum Gasteiger partial charge on any atom is -0.465 e. The molecule has 0 bridgehead atoms. The van der Waals surface area contributed by atoms with Crippen LogP contribution in [0.2, 0.25) is 0 Å². The lowest BCUT2D eigenvalue weighted by molar-refractivity contribution is -0.116. The second-order valence-corrected chi connectivity index (χ2v) is 6.72. The highest BCUT2D eigenvalue weighted by Gasteiger charge is 2.18. The summed E-state index contributed by atoms with van der Waals surface area (Å²) < 4.78 is 5.42. The molecule has 0 spiro atoms. The van der Waals surface area contributed by atoms with Crippen LogP contribution in [-0.4, -0.2) is 5.91 Å². The number of amides is 1. The van der Waals surface area contributed by atoms with Gasteiger partial charge < -0.3 is 9.73 Å². The average molecular weight is 359 g/mol. The van der Waals surface area contributed by atoms with Gasteiger partial charge in [0.1, 0.15) is 5.76 Å². The summed E-state index contributed by atoms with van der Waals surface area (Å²) in [5, 5.41) is 3.19. The third-order valence-corrected chi connectivity index (χ3v) is 4.81. The molecule has 3 heteroatoms. The van der Waals surface area contributed by atoms with Crippen molar-refractivity contribution in [2.45, 2.75) is 33.2 Å². The Labute approximate surface area is 160 Å². The van der Waals surface area contributed by atoms with Crippen LogP contribution >= 0.6 is 0 Å². The molecule has 1 heterocycles. The van der Waals surface area contributed by atoms with E-state index in [4.69, 9.17) is 4.42 Å². The van der Waals surface area contributed by atoms with Gasteiger partial charge in [0.25, 0.3) is 5.91 Å². The molecule has 0 radical (unpaired) electrons. The zero-order valence-electron chi connectivity index (χ0n) is 16.0. The number of nitrogens with one attached hydrogen (secondary N) is 1. The van der Waals surface area contributed by atoms with Gasteiger partial charge in [-0.1, -0.05) is 55.5 Å². The van der Waals surface area contributed by atoms with E-state index in [0.717, 1.165) is 17.5 Å². The molecular formula is C24H25NO2. The summed E-state index contributed by atoms with van der Waals surface area (Å²) in [6.07, 6.45) is 4.21.